The third-order valence-electron chi connectivity index (χ3n) is 10.4. The molecule has 0 aliphatic carbocycles. The Hall–Kier alpha value is -3.27. The number of likely N-dealkylation sites (tertiary alicyclic amines) is 2. The van der Waals surface area contributed by atoms with Crippen LogP contribution in [0.15, 0.2) is 22.9 Å². The predicted octanol–water partition coefficient (Wildman–Crippen LogP) is 4.54. The van der Waals surface area contributed by atoms with E-state index in [-0.39, 0.29) is 30.0 Å². The molecule has 49 heavy (non-hydrogen) atoms. The Morgan fingerprint density at radius 2 is 1.63 bits per heavy atom. The third-order valence-corrected chi connectivity index (χ3v) is 11.4. The number of piperazine rings is 1. The summed E-state index contributed by atoms with van der Waals surface area (Å²) in [6.07, 6.45) is -1.72. The molecule has 0 unspecified atom stereocenters. The predicted molar refractivity (Wildman–Crippen MR) is 181 cm³/mol. The van der Waals surface area contributed by atoms with E-state index in [1.54, 1.807) is 21.1 Å². The van der Waals surface area contributed by atoms with Crippen molar-refractivity contribution < 1.29 is 32.7 Å². The lowest BCUT2D eigenvalue weighted by Gasteiger charge is -2.42. The maximum atomic E-state index is 14.0. The quantitative estimate of drug-likeness (QED) is 0.404. The van der Waals surface area contributed by atoms with Crippen LogP contribution in [0.1, 0.15) is 42.4 Å². The number of phenolic OH excluding ortho intramolecular Hbond substituents is 1. The number of piperidine rings is 2. The van der Waals surface area contributed by atoms with Crippen molar-refractivity contribution in [3.05, 3.63) is 44.6 Å². The van der Waals surface area contributed by atoms with Gasteiger partial charge in [-0.3, -0.25) is 9.69 Å². The number of amides is 5. The second-order valence-electron chi connectivity index (χ2n) is 13.5. The molecule has 1 atom stereocenters. The number of anilines is 1. The minimum absolute atomic E-state index is 0.0596. The Labute approximate surface area is 292 Å². The maximum absolute atomic E-state index is 14.0. The van der Waals surface area contributed by atoms with Crippen molar-refractivity contribution in [1.82, 2.24) is 29.8 Å². The highest BCUT2D eigenvalue weighted by Gasteiger charge is 2.38. The van der Waals surface area contributed by atoms with E-state index in [4.69, 9.17) is 11.6 Å². The number of thiophene rings is 1. The number of rotatable bonds is 6. The maximum Gasteiger partial charge on any atom is 0.420 e. The highest BCUT2D eigenvalue weighted by Crippen LogP contribution is 2.40. The summed E-state index contributed by atoms with van der Waals surface area (Å²) in [7, 11) is 2.10. The number of hydrogen-bond acceptors (Lipinski definition) is 7. The van der Waals surface area contributed by atoms with Crippen molar-refractivity contribution in [3.63, 3.8) is 0 Å². The summed E-state index contributed by atoms with van der Waals surface area (Å²) in [5.41, 5.74) is 0.718. The summed E-state index contributed by atoms with van der Waals surface area (Å²) in [5, 5.41) is 19.3. The number of nitrogens with zero attached hydrogens (tertiary/aromatic N) is 5. The number of carbonyl (C=O) groups is 3. The molecule has 4 aliphatic rings. The first-order valence-electron chi connectivity index (χ1n) is 16.9. The molecular weight excluding hydrogens is 683 g/mol. The molecule has 5 heterocycles. The SMILES string of the molecule is CN1CCN(C2CCN(C(=O)[C@@H](Cc3cc(Cl)c(O)c(C(F)(F)F)c3)NC(=O)N3CCC(N4CCc5cscc5NC4=O)CC3)CC2)CC1. The minimum atomic E-state index is -4.86. The zero-order valence-corrected chi connectivity index (χ0v) is 29.0. The minimum Gasteiger partial charge on any atom is -0.506 e. The molecule has 1 aromatic carbocycles. The number of aromatic hydroxyl groups is 1. The van der Waals surface area contributed by atoms with Gasteiger partial charge in [-0.2, -0.15) is 13.2 Å². The third kappa shape index (κ3) is 8.21. The molecule has 3 saturated heterocycles. The number of benzene rings is 1. The lowest BCUT2D eigenvalue weighted by atomic mass is 9.98. The van der Waals surface area contributed by atoms with Crippen LogP contribution in [0.4, 0.5) is 28.4 Å². The van der Waals surface area contributed by atoms with Gasteiger partial charge in [0.05, 0.1) is 16.3 Å². The first-order chi connectivity index (χ1) is 23.4. The Morgan fingerprint density at radius 3 is 2.31 bits per heavy atom. The molecule has 0 saturated carbocycles. The van der Waals surface area contributed by atoms with Crippen molar-refractivity contribution in [3.8, 4) is 5.75 Å². The number of urea groups is 2. The van der Waals surface area contributed by atoms with Gasteiger partial charge < -0.3 is 35.3 Å². The summed E-state index contributed by atoms with van der Waals surface area (Å²) in [5.74, 6) is -1.45. The molecule has 3 fully saturated rings. The molecule has 6 rings (SSSR count). The van der Waals surface area contributed by atoms with E-state index in [2.05, 4.69) is 27.5 Å². The Balaban J connectivity index is 1.12. The lowest BCUT2D eigenvalue weighted by Crippen LogP contribution is -2.58. The molecular formula is C33H43ClF3N7O4S. The highest BCUT2D eigenvalue weighted by atomic mass is 35.5. The Morgan fingerprint density at radius 1 is 0.980 bits per heavy atom. The van der Waals surface area contributed by atoms with Crippen LogP contribution in [0.5, 0.6) is 5.75 Å². The van der Waals surface area contributed by atoms with Gasteiger partial charge in [-0.1, -0.05) is 11.6 Å². The van der Waals surface area contributed by atoms with Crippen LogP contribution in [0.2, 0.25) is 5.02 Å². The fourth-order valence-electron chi connectivity index (χ4n) is 7.41. The summed E-state index contributed by atoms with van der Waals surface area (Å²) in [6, 6.07) is 0.465. The average Bonchev–Trinajstić information content (AvgIpc) is 3.45. The molecule has 0 bridgehead atoms. The van der Waals surface area contributed by atoms with Gasteiger partial charge in [-0.05, 0) is 67.8 Å². The number of alkyl halides is 3. The van der Waals surface area contributed by atoms with Crippen LogP contribution < -0.4 is 10.6 Å². The first-order valence-corrected chi connectivity index (χ1v) is 18.2. The summed E-state index contributed by atoms with van der Waals surface area (Å²) < 4.78 is 41.2. The van der Waals surface area contributed by atoms with Gasteiger partial charge in [0.15, 0.2) is 0 Å². The first kappa shape index (κ1) is 35.6. The fraction of sp³-hybridized carbons (Fsp3) is 0.606. The molecule has 3 N–H and O–H groups in total. The number of likely N-dealkylation sites (N-methyl/N-ethyl adjacent to an activating group) is 1. The smallest absolute Gasteiger partial charge is 0.420 e. The van der Waals surface area contributed by atoms with E-state index < -0.39 is 34.6 Å². The van der Waals surface area contributed by atoms with E-state index >= 15 is 0 Å². The van der Waals surface area contributed by atoms with E-state index in [1.807, 2.05) is 15.7 Å². The fourth-order valence-corrected chi connectivity index (χ4v) is 8.47. The van der Waals surface area contributed by atoms with Crippen molar-refractivity contribution in [1.29, 1.82) is 0 Å². The lowest BCUT2D eigenvalue weighted by molar-refractivity contribution is -0.138. The Kier molecular flexibility index (Phi) is 10.8. The molecule has 2 aromatic rings. The molecule has 268 valence electrons. The number of nitrogens with one attached hydrogen (secondary N) is 2. The van der Waals surface area contributed by atoms with Gasteiger partial charge in [0.25, 0.3) is 0 Å². The number of carbonyl (C=O) groups excluding carboxylic acids is 3. The van der Waals surface area contributed by atoms with Crippen molar-refractivity contribution in [2.75, 3.05) is 71.3 Å². The van der Waals surface area contributed by atoms with E-state index in [1.165, 1.54) is 6.07 Å². The normalized spacial score (nSPS) is 21.2. The molecule has 11 nitrogen and oxygen atoms in total. The second-order valence-corrected chi connectivity index (χ2v) is 14.6. The number of hydrogen-bond donors (Lipinski definition) is 3. The van der Waals surface area contributed by atoms with Gasteiger partial charge >= 0.3 is 18.2 Å². The topological polar surface area (TPSA) is 112 Å². The van der Waals surface area contributed by atoms with Gasteiger partial charge in [-0.15, -0.1) is 11.3 Å². The average molecular weight is 726 g/mol. The van der Waals surface area contributed by atoms with Gasteiger partial charge in [0.1, 0.15) is 11.8 Å². The number of phenols is 1. The molecule has 4 aliphatic heterocycles. The number of halogens is 4. The van der Waals surface area contributed by atoms with Gasteiger partial charge in [-0.25, -0.2) is 9.59 Å². The van der Waals surface area contributed by atoms with Crippen molar-refractivity contribution >= 4 is 46.6 Å². The van der Waals surface area contributed by atoms with Crippen LogP contribution >= 0.6 is 22.9 Å². The zero-order valence-electron chi connectivity index (χ0n) is 27.5. The van der Waals surface area contributed by atoms with E-state index in [0.717, 1.165) is 62.8 Å². The molecule has 1 aromatic heterocycles. The Bertz CT molecular complexity index is 1520. The number of fused-ring (bicyclic) bond motifs is 1. The van der Waals surface area contributed by atoms with E-state index in [0.29, 0.717) is 51.6 Å². The van der Waals surface area contributed by atoms with Gasteiger partial charge in [0, 0.05) is 82.8 Å². The van der Waals surface area contributed by atoms with Gasteiger partial charge in [0.2, 0.25) is 5.91 Å². The van der Waals surface area contributed by atoms with Crippen molar-refractivity contribution in [2.45, 2.75) is 62.8 Å². The molecule has 0 spiro atoms. The summed E-state index contributed by atoms with van der Waals surface area (Å²) in [6.45, 7) is 6.12. The summed E-state index contributed by atoms with van der Waals surface area (Å²) in [4.78, 5) is 50.4. The standard InChI is InChI=1S/C33H43ClF3N7O4S/c1-40-12-14-41(15-13-40)23-3-7-42(8-4-23)30(46)27(18-21-16-25(33(35,36)37)29(45)26(34)17-21)38-31(47)43-9-5-24(6-10-43)44-11-2-22-19-49-20-28(22)39-32(44)48/h16-17,19-20,23-24,27,45H,2-15,18H2,1H3,(H,38,47)(H,39,48)/t27-/m1/s1. The second kappa shape index (κ2) is 14.9. The van der Waals surface area contributed by atoms with E-state index in [9.17, 15) is 32.7 Å². The monoisotopic (exact) mass is 725 g/mol. The largest absolute Gasteiger partial charge is 0.506 e. The van der Waals surface area contributed by atoms with Crippen LogP contribution in [0.25, 0.3) is 0 Å². The highest BCUT2D eigenvalue weighted by molar-refractivity contribution is 7.08. The van der Waals surface area contributed by atoms with Crippen LogP contribution in [-0.4, -0.2) is 132 Å². The van der Waals surface area contributed by atoms with Crippen LogP contribution in [0.3, 0.4) is 0 Å². The van der Waals surface area contributed by atoms with Crippen molar-refractivity contribution in [2.24, 2.45) is 0 Å². The summed E-state index contributed by atoms with van der Waals surface area (Å²) >= 11 is 7.55. The molecule has 5 amide bonds. The molecule has 0 radical (unpaired) electrons. The zero-order chi connectivity index (χ0) is 34.9. The van der Waals surface area contributed by atoms with Crippen LogP contribution in [0, 0.1) is 0 Å². The molecule has 16 heteroatoms. The van der Waals surface area contributed by atoms with Crippen LogP contribution in [-0.2, 0) is 23.8 Å².